The SMILES string of the molecule is COc1cc(CCOC2OC(CO)C(OC(=O)C=Cc3ccc(O)c(O)c3)C(OC3OC(C)C(O)C(O)C3O)C2OC(C)=O)ccc1O. The molecule has 7 N–H and O–H groups in total. The maximum Gasteiger partial charge on any atom is 0.331 e. The highest BCUT2D eigenvalue weighted by atomic mass is 16.8. The summed E-state index contributed by atoms with van der Waals surface area (Å²) in [4.78, 5) is 25.3. The van der Waals surface area contributed by atoms with Crippen molar-refractivity contribution in [3.63, 3.8) is 0 Å². The minimum absolute atomic E-state index is 0.0433. The number of rotatable bonds is 12. The highest BCUT2D eigenvalue weighted by molar-refractivity contribution is 5.87. The second-order valence-corrected chi connectivity index (χ2v) is 11.2. The Morgan fingerprint density at radius 3 is 2.25 bits per heavy atom. The number of aromatic hydroxyl groups is 3. The van der Waals surface area contributed by atoms with Crippen LogP contribution in [-0.4, -0.2) is 129 Å². The molecule has 2 aromatic rings. The van der Waals surface area contributed by atoms with Crippen LogP contribution in [0.2, 0.25) is 0 Å². The van der Waals surface area contributed by atoms with E-state index in [0.717, 1.165) is 13.0 Å². The van der Waals surface area contributed by atoms with E-state index in [0.29, 0.717) is 11.1 Å². The van der Waals surface area contributed by atoms with E-state index in [1.165, 1.54) is 44.4 Å². The molecule has 2 aromatic carbocycles. The molecule has 2 aliphatic rings. The Bertz CT molecular complexity index is 1430. The van der Waals surface area contributed by atoms with Crippen molar-refractivity contribution in [3.05, 3.63) is 53.6 Å². The molecule has 48 heavy (non-hydrogen) atoms. The van der Waals surface area contributed by atoms with Gasteiger partial charge >= 0.3 is 11.9 Å². The van der Waals surface area contributed by atoms with E-state index in [1.807, 2.05) is 0 Å². The Morgan fingerprint density at radius 2 is 1.58 bits per heavy atom. The second kappa shape index (κ2) is 16.4. The molecule has 16 nitrogen and oxygen atoms in total. The van der Waals surface area contributed by atoms with Crippen molar-refractivity contribution in [3.8, 4) is 23.0 Å². The number of hydrogen-bond donors (Lipinski definition) is 7. The summed E-state index contributed by atoms with van der Waals surface area (Å²) in [5.74, 6) is -2.42. The Kier molecular flexibility index (Phi) is 12.6. The van der Waals surface area contributed by atoms with E-state index in [4.69, 9.17) is 33.2 Å². The van der Waals surface area contributed by atoms with Gasteiger partial charge < -0.3 is 68.9 Å². The average molecular weight is 681 g/mol. The molecule has 2 saturated heterocycles. The van der Waals surface area contributed by atoms with Gasteiger partial charge in [0.05, 0.1) is 26.4 Å². The van der Waals surface area contributed by atoms with E-state index in [9.17, 15) is 45.3 Å². The van der Waals surface area contributed by atoms with Gasteiger partial charge in [-0.3, -0.25) is 4.79 Å². The molecule has 10 unspecified atom stereocenters. The van der Waals surface area contributed by atoms with Gasteiger partial charge in [0.25, 0.3) is 0 Å². The number of phenolic OH excluding ortho intramolecular Hbond substituents is 3. The highest BCUT2D eigenvalue weighted by Crippen LogP contribution is 2.33. The quantitative estimate of drug-likeness (QED) is 0.0877. The van der Waals surface area contributed by atoms with Crippen LogP contribution in [0.4, 0.5) is 0 Å². The summed E-state index contributed by atoms with van der Waals surface area (Å²) >= 11 is 0. The maximum absolute atomic E-state index is 13.0. The molecule has 0 bridgehead atoms. The number of esters is 2. The zero-order chi connectivity index (χ0) is 35.1. The Labute approximate surface area is 275 Å². The van der Waals surface area contributed by atoms with Crippen molar-refractivity contribution in [2.24, 2.45) is 0 Å². The van der Waals surface area contributed by atoms with Crippen molar-refractivity contribution in [1.82, 2.24) is 0 Å². The van der Waals surface area contributed by atoms with Crippen LogP contribution in [0.15, 0.2) is 42.5 Å². The Morgan fingerprint density at radius 1 is 0.854 bits per heavy atom. The predicted octanol–water partition coefficient (Wildman–Crippen LogP) is -0.142. The lowest BCUT2D eigenvalue weighted by atomic mass is 9.96. The second-order valence-electron chi connectivity index (χ2n) is 11.2. The Balaban J connectivity index is 1.61. The third-order valence-electron chi connectivity index (χ3n) is 7.75. The van der Waals surface area contributed by atoms with E-state index >= 15 is 0 Å². The van der Waals surface area contributed by atoms with Crippen molar-refractivity contribution in [2.75, 3.05) is 20.3 Å². The van der Waals surface area contributed by atoms with E-state index < -0.39 is 85.7 Å². The number of carbonyl (C=O) groups excluding carboxylic acids is 2. The molecule has 0 amide bonds. The molecule has 2 fully saturated rings. The summed E-state index contributed by atoms with van der Waals surface area (Å²) in [6, 6.07) is 8.50. The van der Waals surface area contributed by atoms with Gasteiger partial charge in [-0.2, -0.15) is 0 Å². The summed E-state index contributed by atoms with van der Waals surface area (Å²) in [5, 5.41) is 70.8. The molecule has 16 heteroatoms. The Hall–Kier alpha value is -4.00. The van der Waals surface area contributed by atoms with Crippen LogP contribution >= 0.6 is 0 Å². The number of carbonyl (C=O) groups is 2. The molecular formula is C32H40O16. The molecule has 0 aromatic heterocycles. The number of hydrogen-bond acceptors (Lipinski definition) is 16. The molecule has 264 valence electrons. The van der Waals surface area contributed by atoms with Crippen LogP contribution in [0.5, 0.6) is 23.0 Å². The van der Waals surface area contributed by atoms with Crippen LogP contribution in [0, 0.1) is 0 Å². The third kappa shape index (κ3) is 8.91. The molecule has 4 rings (SSSR count). The molecular weight excluding hydrogens is 640 g/mol. The topological polar surface area (TPSA) is 240 Å². The van der Waals surface area contributed by atoms with Gasteiger partial charge in [0.15, 0.2) is 47.8 Å². The summed E-state index contributed by atoms with van der Waals surface area (Å²) < 4.78 is 39.7. The summed E-state index contributed by atoms with van der Waals surface area (Å²) in [6.07, 6.45) is -12.4. The minimum Gasteiger partial charge on any atom is -0.504 e. The van der Waals surface area contributed by atoms with E-state index in [2.05, 4.69) is 0 Å². The normalized spacial score (nSPS) is 30.6. The average Bonchev–Trinajstić information content (AvgIpc) is 3.05. The van der Waals surface area contributed by atoms with Gasteiger partial charge in [-0.1, -0.05) is 12.1 Å². The first-order valence-electron chi connectivity index (χ1n) is 15.0. The minimum atomic E-state index is -1.80. The number of aliphatic hydroxyl groups is 4. The van der Waals surface area contributed by atoms with Gasteiger partial charge in [0, 0.05) is 13.0 Å². The zero-order valence-electron chi connectivity index (χ0n) is 26.3. The first-order chi connectivity index (χ1) is 22.8. The fourth-order valence-corrected chi connectivity index (χ4v) is 5.21. The molecule has 0 saturated carbocycles. The van der Waals surface area contributed by atoms with Gasteiger partial charge in [-0.25, -0.2) is 4.79 Å². The van der Waals surface area contributed by atoms with Crippen LogP contribution in [0.25, 0.3) is 6.08 Å². The lowest BCUT2D eigenvalue weighted by molar-refractivity contribution is -0.358. The van der Waals surface area contributed by atoms with Gasteiger partial charge in [-0.05, 0) is 54.8 Å². The summed E-state index contributed by atoms with van der Waals surface area (Å²) in [5.41, 5.74) is 1.03. The molecule has 0 aliphatic carbocycles. The number of aliphatic hydroxyl groups excluding tert-OH is 4. The first-order valence-corrected chi connectivity index (χ1v) is 15.0. The summed E-state index contributed by atoms with van der Waals surface area (Å²) in [6.45, 7) is 1.73. The first kappa shape index (κ1) is 36.8. The molecule has 10 atom stereocenters. The monoisotopic (exact) mass is 680 g/mol. The van der Waals surface area contributed by atoms with Crippen molar-refractivity contribution in [2.45, 2.75) is 81.7 Å². The predicted molar refractivity (Wildman–Crippen MR) is 162 cm³/mol. The fraction of sp³-hybridized carbons (Fsp3) is 0.500. The molecule has 0 spiro atoms. The number of methoxy groups -OCH3 is 1. The lowest BCUT2D eigenvalue weighted by Gasteiger charge is -2.47. The van der Waals surface area contributed by atoms with Crippen LogP contribution in [0.3, 0.4) is 0 Å². The van der Waals surface area contributed by atoms with E-state index in [-0.39, 0.29) is 30.3 Å². The van der Waals surface area contributed by atoms with Crippen molar-refractivity contribution in [1.29, 1.82) is 0 Å². The van der Waals surface area contributed by atoms with Crippen LogP contribution in [0.1, 0.15) is 25.0 Å². The smallest absolute Gasteiger partial charge is 0.331 e. The number of ether oxygens (including phenoxy) is 7. The van der Waals surface area contributed by atoms with Crippen molar-refractivity contribution >= 4 is 18.0 Å². The number of phenols is 3. The maximum atomic E-state index is 13.0. The largest absolute Gasteiger partial charge is 0.504 e. The molecule has 2 heterocycles. The van der Waals surface area contributed by atoms with Crippen LogP contribution in [-0.2, 0) is 44.4 Å². The highest BCUT2D eigenvalue weighted by Gasteiger charge is 2.54. The third-order valence-corrected chi connectivity index (χ3v) is 7.75. The van der Waals surface area contributed by atoms with Gasteiger partial charge in [0.2, 0.25) is 0 Å². The lowest BCUT2D eigenvalue weighted by Crippen LogP contribution is -2.65. The van der Waals surface area contributed by atoms with Crippen LogP contribution < -0.4 is 4.74 Å². The van der Waals surface area contributed by atoms with Crippen molar-refractivity contribution < 1.29 is 78.5 Å². The zero-order valence-corrected chi connectivity index (χ0v) is 26.3. The summed E-state index contributed by atoms with van der Waals surface area (Å²) in [7, 11) is 1.40. The fourth-order valence-electron chi connectivity index (χ4n) is 5.21. The standard InChI is InChI=1S/C32H40O16/c1-15-25(39)26(40)27(41)31(44-15)48-29-28(47-24(38)9-6-17-4-7-19(35)21(37)12-17)23(14-33)46-32(30(29)45-16(2)34)43-11-10-18-5-8-20(36)22(13-18)42-3/h4-9,12-13,15,23,25-33,35-37,39-41H,10-11,14H2,1-3H3. The molecule has 2 aliphatic heterocycles. The molecule has 0 radical (unpaired) electrons. The van der Waals surface area contributed by atoms with Gasteiger partial charge in [-0.15, -0.1) is 0 Å². The van der Waals surface area contributed by atoms with E-state index in [1.54, 1.807) is 12.1 Å². The number of benzene rings is 2. The van der Waals surface area contributed by atoms with Gasteiger partial charge in [0.1, 0.15) is 30.5 Å².